The van der Waals surface area contributed by atoms with Crippen LogP contribution in [0, 0.1) is 0 Å². The van der Waals surface area contributed by atoms with Gasteiger partial charge in [-0.2, -0.15) is 0 Å². The first-order valence-electron chi connectivity index (χ1n) is 4.56. The maximum absolute atomic E-state index is 5.32. The lowest BCUT2D eigenvalue weighted by Crippen LogP contribution is -2.20. The molecule has 3 heteroatoms. The highest BCUT2D eigenvalue weighted by Gasteiger charge is 1.93. The lowest BCUT2D eigenvalue weighted by atomic mass is 10.4. The van der Waals surface area contributed by atoms with E-state index in [1.807, 2.05) is 0 Å². The van der Waals surface area contributed by atoms with Crippen LogP contribution in [0.25, 0.3) is 0 Å². The van der Waals surface area contributed by atoms with Gasteiger partial charge in [0.25, 0.3) is 0 Å². The van der Waals surface area contributed by atoms with E-state index in [2.05, 4.69) is 18.9 Å². The van der Waals surface area contributed by atoms with E-state index in [9.17, 15) is 0 Å². The number of hydrogen-bond acceptors (Lipinski definition) is 3. The fraction of sp³-hybridized carbons (Fsp3) is 1.00. The summed E-state index contributed by atoms with van der Waals surface area (Å²) >= 11 is 0. The fourth-order valence-electron chi connectivity index (χ4n) is 0.839. The molecule has 74 valence electrons. The van der Waals surface area contributed by atoms with Crippen LogP contribution in [0.15, 0.2) is 0 Å². The van der Waals surface area contributed by atoms with Crippen LogP contribution in [-0.4, -0.2) is 52.0 Å². The first-order chi connectivity index (χ1) is 5.81. The van der Waals surface area contributed by atoms with Gasteiger partial charge < -0.3 is 14.4 Å². The molecule has 0 N–H and O–H groups in total. The van der Waals surface area contributed by atoms with Gasteiger partial charge >= 0.3 is 0 Å². The van der Waals surface area contributed by atoms with Crippen LogP contribution in [0.4, 0.5) is 0 Å². The number of hydrogen-bond donors (Lipinski definition) is 0. The molecule has 12 heavy (non-hydrogen) atoms. The van der Waals surface area contributed by atoms with Crippen molar-refractivity contribution in [2.45, 2.75) is 13.3 Å². The SMILES string of the molecule is CCN(C)CCCOCCOC. The Balaban J connectivity index is 2.90. The highest BCUT2D eigenvalue weighted by atomic mass is 16.5. The van der Waals surface area contributed by atoms with E-state index in [0.29, 0.717) is 13.2 Å². The van der Waals surface area contributed by atoms with Gasteiger partial charge in [0.1, 0.15) is 0 Å². The Morgan fingerprint density at radius 3 is 2.50 bits per heavy atom. The molecule has 0 aromatic carbocycles. The average molecular weight is 175 g/mol. The minimum atomic E-state index is 0.698. The van der Waals surface area contributed by atoms with Crippen LogP contribution in [-0.2, 0) is 9.47 Å². The molecule has 0 aliphatic carbocycles. The van der Waals surface area contributed by atoms with Crippen molar-refractivity contribution in [3.8, 4) is 0 Å². The Labute approximate surface area is 75.6 Å². The summed E-state index contributed by atoms with van der Waals surface area (Å²) in [7, 11) is 3.81. The summed E-state index contributed by atoms with van der Waals surface area (Å²) in [4.78, 5) is 2.28. The molecule has 0 rings (SSSR count). The van der Waals surface area contributed by atoms with Crippen molar-refractivity contribution in [2.75, 3.05) is 47.1 Å². The van der Waals surface area contributed by atoms with Crippen molar-refractivity contribution in [1.29, 1.82) is 0 Å². The molecular formula is C9H21NO2. The normalized spacial score (nSPS) is 11.0. The molecule has 0 atom stereocenters. The van der Waals surface area contributed by atoms with Gasteiger partial charge in [-0.15, -0.1) is 0 Å². The van der Waals surface area contributed by atoms with Gasteiger partial charge in [-0.3, -0.25) is 0 Å². The van der Waals surface area contributed by atoms with Gasteiger partial charge in [0.15, 0.2) is 0 Å². The molecule has 0 aliphatic rings. The van der Waals surface area contributed by atoms with Gasteiger partial charge in [0.05, 0.1) is 13.2 Å². The van der Waals surface area contributed by atoms with Crippen LogP contribution in [0.2, 0.25) is 0 Å². The Bertz CT molecular complexity index is 88.6. The molecule has 0 aliphatic heterocycles. The second kappa shape index (κ2) is 8.97. The topological polar surface area (TPSA) is 21.7 Å². The number of ether oxygens (including phenoxy) is 2. The average Bonchev–Trinajstić information content (AvgIpc) is 2.10. The fourth-order valence-corrected chi connectivity index (χ4v) is 0.839. The van der Waals surface area contributed by atoms with Crippen molar-refractivity contribution in [3.63, 3.8) is 0 Å². The van der Waals surface area contributed by atoms with E-state index < -0.39 is 0 Å². The van der Waals surface area contributed by atoms with E-state index in [0.717, 1.165) is 26.1 Å². The molecule has 3 nitrogen and oxygen atoms in total. The lowest BCUT2D eigenvalue weighted by molar-refractivity contribution is 0.0665. The molecule has 0 radical (unpaired) electrons. The van der Waals surface area contributed by atoms with Gasteiger partial charge in [-0.05, 0) is 20.0 Å². The summed E-state index contributed by atoms with van der Waals surface area (Å²) in [5.74, 6) is 0. The minimum Gasteiger partial charge on any atom is -0.382 e. The van der Waals surface area contributed by atoms with Crippen molar-refractivity contribution in [2.24, 2.45) is 0 Å². The van der Waals surface area contributed by atoms with Crippen molar-refractivity contribution in [3.05, 3.63) is 0 Å². The summed E-state index contributed by atoms with van der Waals surface area (Å²) in [6, 6.07) is 0. The number of nitrogens with zero attached hydrogens (tertiary/aromatic N) is 1. The van der Waals surface area contributed by atoms with E-state index in [1.54, 1.807) is 7.11 Å². The summed E-state index contributed by atoms with van der Waals surface area (Å²) in [6.45, 7) is 6.64. The molecule has 0 aromatic heterocycles. The van der Waals surface area contributed by atoms with Crippen LogP contribution >= 0.6 is 0 Å². The highest BCUT2D eigenvalue weighted by molar-refractivity contribution is 4.46. The Hall–Kier alpha value is -0.120. The second-order valence-electron chi connectivity index (χ2n) is 2.85. The summed E-state index contributed by atoms with van der Waals surface area (Å²) in [5, 5.41) is 0. The first-order valence-corrected chi connectivity index (χ1v) is 4.56. The quantitative estimate of drug-likeness (QED) is 0.514. The predicted molar refractivity (Wildman–Crippen MR) is 50.5 cm³/mol. The van der Waals surface area contributed by atoms with Crippen molar-refractivity contribution < 1.29 is 9.47 Å². The van der Waals surface area contributed by atoms with Gasteiger partial charge in [0.2, 0.25) is 0 Å². The molecule has 0 fully saturated rings. The maximum atomic E-state index is 5.32. The molecule has 0 bridgehead atoms. The van der Waals surface area contributed by atoms with Crippen LogP contribution in [0.3, 0.4) is 0 Å². The van der Waals surface area contributed by atoms with Crippen molar-refractivity contribution >= 4 is 0 Å². The molecule has 0 amide bonds. The minimum absolute atomic E-state index is 0.698. The Kier molecular flexibility index (Phi) is 8.88. The summed E-state index contributed by atoms with van der Waals surface area (Å²) in [6.07, 6.45) is 1.11. The summed E-state index contributed by atoms with van der Waals surface area (Å²) < 4.78 is 10.2. The van der Waals surface area contributed by atoms with Gasteiger partial charge in [-0.25, -0.2) is 0 Å². The molecular weight excluding hydrogens is 154 g/mol. The zero-order valence-corrected chi connectivity index (χ0v) is 8.51. The summed E-state index contributed by atoms with van der Waals surface area (Å²) in [5.41, 5.74) is 0. The zero-order valence-electron chi connectivity index (χ0n) is 8.51. The molecule has 0 aromatic rings. The predicted octanol–water partition coefficient (Wildman–Crippen LogP) is 0.991. The Morgan fingerprint density at radius 1 is 1.17 bits per heavy atom. The lowest BCUT2D eigenvalue weighted by Gasteiger charge is -2.12. The first kappa shape index (κ1) is 11.9. The molecule has 0 unspecified atom stereocenters. The van der Waals surface area contributed by atoms with Crippen LogP contribution in [0.5, 0.6) is 0 Å². The third-order valence-electron chi connectivity index (χ3n) is 1.80. The molecule has 0 saturated heterocycles. The smallest absolute Gasteiger partial charge is 0.0700 e. The van der Waals surface area contributed by atoms with E-state index >= 15 is 0 Å². The standard InChI is InChI=1S/C9H21NO2/c1-4-10(2)6-5-7-12-9-8-11-3/h4-9H2,1-3H3. The third kappa shape index (κ3) is 7.98. The molecule has 0 heterocycles. The number of methoxy groups -OCH3 is 1. The molecule has 0 saturated carbocycles. The Morgan fingerprint density at radius 2 is 1.92 bits per heavy atom. The van der Waals surface area contributed by atoms with E-state index in [4.69, 9.17) is 9.47 Å². The largest absolute Gasteiger partial charge is 0.382 e. The van der Waals surface area contributed by atoms with Crippen LogP contribution in [0.1, 0.15) is 13.3 Å². The monoisotopic (exact) mass is 175 g/mol. The number of rotatable bonds is 8. The van der Waals surface area contributed by atoms with Gasteiger partial charge in [-0.1, -0.05) is 6.92 Å². The third-order valence-corrected chi connectivity index (χ3v) is 1.80. The zero-order chi connectivity index (χ0) is 9.23. The van der Waals surface area contributed by atoms with E-state index in [-0.39, 0.29) is 0 Å². The van der Waals surface area contributed by atoms with E-state index in [1.165, 1.54) is 0 Å². The molecule has 0 spiro atoms. The highest BCUT2D eigenvalue weighted by Crippen LogP contribution is 1.87. The maximum Gasteiger partial charge on any atom is 0.0700 e. The van der Waals surface area contributed by atoms with Gasteiger partial charge in [0, 0.05) is 20.3 Å². The second-order valence-corrected chi connectivity index (χ2v) is 2.85. The van der Waals surface area contributed by atoms with Crippen LogP contribution < -0.4 is 0 Å². The van der Waals surface area contributed by atoms with Crippen molar-refractivity contribution in [1.82, 2.24) is 4.90 Å².